The maximum Gasteiger partial charge on any atom is 0.191 e. The Bertz CT molecular complexity index is 557. The van der Waals surface area contributed by atoms with Crippen LogP contribution in [-0.2, 0) is 16.0 Å². The van der Waals surface area contributed by atoms with Gasteiger partial charge in [-0.05, 0) is 44.7 Å². The minimum absolute atomic E-state index is 0.361. The first kappa shape index (κ1) is 20.5. The highest BCUT2D eigenvalue weighted by atomic mass is 16.5. The zero-order valence-electron chi connectivity index (χ0n) is 16.3. The number of ether oxygens (including phenoxy) is 3. The number of methoxy groups -OCH3 is 1. The predicted octanol–water partition coefficient (Wildman–Crippen LogP) is 2.64. The number of aliphatic imine (C=N–C) groups is 1. The van der Waals surface area contributed by atoms with Gasteiger partial charge in [0.1, 0.15) is 5.75 Å². The summed E-state index contributed by atoms with van der Waals surface area (Å²) in [6, 6.07) is 6.20. The molecular formula is C20H33N3O3. The second-order valence-corrected chi connectivity index (χ2v) is 6.47. The Morgan fingerprint density at radius 1 is 1.27 bits per heavy atom. The van der Waals surface area contributed by atoms with Crippen molar-refractivity contribution >= 4 is 5.96 Å². The van der Waals surface area contributed by atoms with Gasteiger partial charge in [0, 0.05) is 38.5 Å². The van der Waals surface area contributed by atoms with E-state index in [1.807, 2.05) is 6.07 Å². The molecule has 0 radical (unpaired) electrons. The molecule has 26 heavy (non-hydrogen) atoms. The summed E-state index contributed by atoms with van der Waals surface area (Å²) in [6.07, 6.45) is 3.33. The van der Waals surface area contributed by atoms with Crippen LogP contribution in [0.2, 0.25) is 0 Å². The number of benzene rings is 1. The summed E-state index contributed by atoms with van der Waals surface area (Å²) in [6.45, 7) is 8.78. The summed E-state index contributed by atoms with van der Waals surface area (Å²) in [5.41, 5.74) is 2.27. The molecule has 1 aliphatic rings. The van der Waals surface area contributed by atoms with Gasteiger partial charge in [-0.1, -0.05) is 12.1 Å². The quantitative estimate of drug-likeness (QED) is 0.401. The molecule has 1 saturated heterocycles. The normalized spacial score (nSPS) is 15.7. The monoisotopic (exact) mass is 363 g/mol. The van der Waals surface area contributed by atoms with Crippen LogP contribution < -0.4 is 15.4 Å². The Morgan fingerprint density at radius 2 is 2.08 bits per heavy atom. The van der Waals surface area contributed by atoms with E-state index in [4.69, 9.17) is 14.2 Å². The average Bonchev–Trinajstić information content (AvgIpc) is 2.67. The van der Waals surface area contributed by atoms with Gasteiger partial charge in [0.2, 0.25) is 0 Å². The maximum atomic E-state index is 5.90. The largest absolute Gasteiger partial charge is 0.496 e. The van der Waals surface area contributed by atoms with E-state index in [2.05, 4.69) is 41.6 Å². The van der Waals surface area contributed by atoms with Crippen LogP contribution in [0.5, 0.6) is 5.75 Å². The third kappa shape index (κ3) is 7.22. The number of rotatable bonds is 9. The van der Waals surface area contributed by atoms with Crippen LogP contribution in [0.3, 0.4) is 0 Å². The van der Waals surface area contributed by atoms with Gasteiger partial charge >= 0.3 is 0 Å². The number of guanidine groups is 1. The van der Waals surface area contributed by atoms with Crippen molar-refractivity contribution in [2.24, 2.45) is 4.99 Å². The van der Waals surface area contributed by atoms with Crippen LogP contribution in [0.4, 0.5) is 0 Å². The van der Waals surface area contributed by atoms with Crippen molar-refractivity contribution in [3.63, 3.8) is 0 Å². The van der Waals surface area contributed by atoms with Crippen molar-refractivity contribution in [1.29, 1.82) is 0 Å². The highest BCUT2D eigenvalue weighted by molar-refractivity contribution is 5.79. The van der Waals surface area contributed by atoms with Crippen molar-refractivity contribution < 1.29 is 14.2 Å². The highest BCUT2D eigenvalue weighted by Crippen LogP contribution is 2.20. The first-order valence-corrected chi connectivity index (χ1v) is 9.58. The zero-order valence-corrected chi connectivity index (χ0v) is 16.3. The molecule has 0 aliphatic carbocycles. The number of hydrogen-bond donors (Lipinski definition) is 2. The molecule has 146 valence electrons. The Balaban J connectivity index is 1.75. The first-order valence-electron chi connectivity index (χ1n) is 9.58. The second kappa shape index (κ2) is 11.8. The van der Waals surface area contributed by atoms with Crippen LogP contribution in [0, 0.1) is 6.92 Å². The van der Waals surface area contributed by atoms with Gasteiger partial charge in [0.05, 0.1) is 19.8 Å². The fraction of sp³-hybridized carbons (Fsp3) is 0.650. The number of hydrogen-bond acceptors (Lipinski definition) is 4. The van der Waals surface area contributed by atoms with Gasteiger partial charge < -0.3 is 24.8 Å². The van der Waals surface area contributed by atoms with E-state index >= 15 is 0 Å². The summed E-state index contributed by atoms with van der Waals surface area (Å²) in [4.78, 5) is 4.67. The summed E-state index contributed by atoms with van der Waals surface area (Å²) >= 11 is 0. The Kier molecular flexibility index (Phi) is 9.28. The van der Waals surface area contributed by atoms with Crippen molar-refractivity contribution in [2.75, 3.05) is 40.0 Å². The van der Waals surface area contributed by atoms with Crippen molar-refractivity contribution in [2.45, 2.75) is 45.8 Å². The van der Waals surface area contributed by atoms with E-state index in [1.165, 1.54) is 5.56 Å². The molecule has 6 nitrogen and oxygen atoms in total. The van der Waals surface area contributed by atoms with Gasteiger partial charge in [0.25, 0.3) is 0 Å². The van der Waals surface area contributed by atoms with Gasteiger partial charge in [-0.15, -0.1) is 0 Å². The minimum atomic E-state index is 0.361. The van der Waals surface area contributed by atoms with Gasteiger partial charge in [-0.2, -0.15) is 0 Å². The van der Waals surface area contributed by atoms with Crippen LogP contribution >= 0.6 is 0 Å². The molecule has 1 aromatic rings. The Hall–Kier alpha value is -1.79. The molecule has 0 spiro atoms. The standard InChI is InChI=1S/C20H33N3O3/c1-4-21-20(22-10-5-11-26-18-8-12-25-13-9-18)23-15-17-7-6-16(2)14-19(17)24-3/h6-7,14,18H,4-5,8-13,15H2,1-3H3,(H2,21,22,23). The molecule has 0 unspecified atom stereocenters. The molecule has 1 aromatic carbocycles. The molecule has 2 N–H and O–H groups in total. The maximum absolute atomic E-state index is 5.90. The minimum Gasteiger partial charge on any atom is -0.496 e. The summed E-state index contributed by atoms with van der Waals surface area (Å²) in [5.74, 6) is 1.70. The molecule has 1 aliphatic heterocycles. The van der Waals surface area contributed by atoms with Crippen LogP contribution in [0.1, 0.15) is 37.3 Å². The van der Waals surface area contributed by atoms with E-state index < -0.39 is 0 Å². The second-order valence-electron chi connectivity index (χ2n) is 6.47. The first-order chi connectivity index (χ1) is 12.7. The molecule has 0 amide bonds. The van der Waals surface area contributed by atoms with Gasteiger partial charge in [-0.3, -0.25) is 0 Å². The number of aryl methyl sites for hydroxylation is 1. The van der Waals surface area contributed by atoms with Crippen LogP contribution in [0.25, 0.3) is 0 Å². The topological polar surface area (TPSA) is 64.1 Å². The lowest BCUT2D eigenvalue weighted by atomic mass is 10.1. The predicted molar refractivity (Wildman–Crippen MR) is 105 cm³/mol. The molecule has 0 atom stereocenters. The molecule has 0 saturated carbocycles. The summed E-state index contributed by atoms with van der Waals surface area (Å²) in [7, 11) is 1.70. The average molecular weight is 364 g/mol. The van der Waals surface area contributed by atoms with Crippen molar-refractivity contribution in [3.8, 4) is 5.75 Å². The number of nitrogens with zero attached hydrogens (tertiary/aromatic N) is 1. The lowest BCUT2D eigenvalue weighted by Gasteiger charge is -2.22. The molecule has 2 rings (SSSR count). The van der Waals surface area contributed by atoms with E-state index in [0.717, 1.165) is 69.4 Å². The highest BCUT2D eigenvalue weighted by Gasteiger charge is 2.13. The zero-order chi connectivity index (χ0) is 18.6. The fourth-order valence-corrected chi connectivity index (χ4v) is 2.86. The van der Waals surface area contributed by atoms with Crippen molar-refractivity contribution in [3.05, 3.63) is 29.3 Å². The van der Waals surface area contributed by atoms with E-state index in [9.17, 15) is 0 Å². The van der Waals surface area contributed by atoms with Crippen LogP contribution in [0.15, 0.2) is 23.2 Å². The lowest BCUT2D eigenvalue weighted by Crippen LogP contribution is -2.38. The lowest BCUT2D eigenvalue weighted by molar-refractivity contribution is -0.0320. The molecule has 6 heteroatoms. The fourth-order valence-electron chi connectivity index (χ4n) is 2.86. The van der Waals surface area contributed by atoms with Crippen LogP contribution in [-0.4, -0.2) is 52.1 Å². The molecule has 0 aromatic heterocycles. The molecular weight excluding hydrogens is 330 g/mol. The third-order valence-corrected chi connectivity index (χ3v) is 4.33. The Labute approximate surface area is 157 Å². The third-order valence-electron chi connectivity index (χ3n) is 4.33. The molecule has 0 bridgehead atoms. The van der Waals surface area contributed by atoms with E-state index in [1.54, 1.807) is 7.11 Å². The molecule has 1 fully saturated rings. The van der Waals surface area contributed by atoms with E-state index in [0.29, 0.717) is 12.6 Å². The number of nitrogens with one attached hydrogen (secondary N) is 2. The Morgan fingerprint density at radius 3 is 2.81 bits per heavy atom. The summed E-state index contributed by atoms with van der Waals surface area (Å²) < 4.78 is 16.7. The van der Waals surface area contributed by atoms with Gasteiger partial charge in [-0.25, -0.2) is 4.99 Å². The smallest absolute Gasteiger partial charge is 0.191 e. The van der Waals surface area contributed by atoms with Gasteiger partial charge in [0.15, 0.2) is 5.96 Å². The SMILES string of the molecule is CCNC(=NCc1ccc(C)cc1OC)NCCCOC1CCOCC1. The van der Waals surface area contributed by atoms with Crippen molar-refractivity contribution in [1.82, 2.24) is 10.6 Å². The molecule has 1 heterocycles. The van der Waals surface area contributed by atoms with E-state index in [-0.39, 0.29) is 0 Å². The summed E-state index contributed by atoms with van der Waals surface area (Å²) in [5, 5.41) is 6.65.